The van der Waals surface area contributed by atoms with Crippen LogP contribution in [0.3, 0.4) is 0 Å². The van der Waals surface area contributed by atoms with Gasteiger partial charge in [-0.05, 0) is 33.1 Å². The van der Waals surface area contributed by atoms with Crippen molar-refractivity contribution >= 4 is 0 Å². The molecule has 19 heavy (non-hydrogen) atoms. The molecular weight excluding hydrogens is 238 g/mol. The molecule has 0 spiro atoms. The van der Waals surface area contributed by atoms with Crippen LogP contribution in [-0.2, 0) is 4.74 Å². The number of hydrogen-bond acceptors (Lipinski definition) is 4. The van der Waals surface area contributed by atoms with Crippen LogP contribution in [0.5, 0.6) is 0 Å². The lowest BCUT2D eigenvalue weighted by molar-refractivity contribution is -0.0380. The Labute approximate surface area is 117 Å². The molecule has 0 aromatic heterocycles. The molecule has 3 aliphatic rings. The molecule has 3 rings (SSSR count). The molecule has 0 aromatic rings. The number of ether oxygens (including phenoxy) is 1. The molecule has 2 aliphatic heterocycles. The zero-order chi connectivity index (χ0) is 13.2. The average molecular weight is 267 g/mol. The molecule has 3 fully saturated rings. The zero-order valence-electron chi connectivity index (χ0n) is 12.5. The fourth-order valence-electron chi connectivity index (χ4n) is 3.36. The minimum atomic E-state index is 0.381. The average Bonchev–Trinajstić information content (AvgIpc) is 3.16. The lowest BCUT2D eigenvalue weighted by Gasteiger charge is -2.36. The van der Waals surface area contributed by atoms with Crippen LogP contribution in [0.1, 0.15) is 33.1 Å². The van der Waals surface area contributed by atoms with Crippen LogP contribution in [0.25, 0.3) is 0 Å². The summed E-state index contributed by atoms with van der Waals surface area (Å²) < 4.78 is 5.89. The van der Waals surface area contributed by atoms with Crippen molar-refractivity contribution in [3.8, 4) is 0 Å². The summed E-state index contributed by atoms with van der Waals surface area (Å²) in [6, 6.07) is 2.26. The van der Waals surface area contributed by atoms with Gasteiger partial charge >= 0.3 is 0 Å². The second-order valence-corrected chi connectivity index (χ2v) is 6.70. The third-order valence-corrected chi connectivity index (χ3v) is 4.82. The first-order chi connectivity index (χ1) is 9.22. The van der Waals surface area contributed by atoms with E-state index in [0.29, 0.717) is 18.2 Å². The molecule has 4 heteroatoms. The van der Waals surface area contributed by atoms with E-state index in [9.17, 15) is 0 Å². The summed E-state index contributed by atoms with van der Waals surface area (Å²) in [6.45, 7) is 11.2. The molecule has 1 aliphatic carbocycles. The Morgan fingerprint density at radius 3 is 2.74 bits per heavy atom. The highest BCUT2D eigenvalue weighted by Crippen LogP contribution is 2.29. The Balaban J connectivity index is 1.37. The molecule has 0 amide bonds. The second kappa shape index (κ2) is 6.08. The molecule has 0 aromatic carbocycles. The molecular formula is C15H29N3O. The number of rotatable bonds is 5. The molecule has 2 atom stereocenters. The minimum absolute atomic E-state index is 0.381. The van der Waals surface area contributed by atoms with Crippen LogP contribution in [0.2, 0.25) is 0 Å². The van der Waals surface area contributed by atoms with Gasteiger partial charge in [0.05, 0.1) is 12.7 Å². The van der Waals surface area contributed by atoms with E-state index >= 15 is 0 Å². The lowest BCUT2D eigenvalue weighted by Crippen LogP contribution is -2.50. The van der Waals surface area contributed by atoms with Crippen molar-refractivity contribution in [1.82, 2.24) is 15.1 Å². The molecule has 0 radical (unpaired) electrons. The van der Waals surface area contributed by atoms with Gasteiger partial charge in [-0.3, -0.25) is 9.80 Å². The highest BCUT2D eigenvalue weighted by atomic mass is 16.5. The van der Waals surface area contributed by atoms with Crippen molar-refractivity contribution in [2.75, 3.05) is 39.3 Å². The molecule has 1 saturated carbocycles. The number of likely N-dealkylation sites (tertiary alicyclic amines) is 1. The smallest absolute Gasteiger partial charge is 0.0826 e. The Hall–Kier alpha value is -0.160. The van der Waals surface area contributed by atoms with E-state index < -0.39 is 0 Å². The van der Waals surface area contributed by atoms with Gasteiger partial charge in [0, 0.05) is 50.8 Å². The fraction of sp³-hybridized carbons (Fsp3) is 1.00. The van der Waals surface area contributed by atoms with Crippen LogP contribution in [-0.4, -0.2) is 73.4 Å². The van der Waals surface area contributed by atoms with Gasteiger partial charge in [-0.2, -0.15) is 0 Å². The maximum Gasteiger partial charge on any atom is 0.0826 e. The van der Waals surface area contributed by atoms with E-state index in [0.717, 1.165) is 32.3 Å². The van der Waals surface area contributed by atoms with Crippen molar-refractivity contribution in [3.05, 3.63) is 0 Å². The highest BCUT2D eigenvalue weighted by Gasteiger charge is 2.34. The minimum Gasteiger partial charge on any atom is -0.374 e. The van der Waals surface area contributed by atoms with Crippen molar-refractivity contribution in [2.24, 2.45) is 0 Å². The van der Waals surface area contributed by atoms with Gasteiger partial charge in [0.15, 0.2) is 0 Å². The summed E-state index contributed by atoms with van der Waals surface area (Å²) in [5.41, 5.74) is 0. The third kappa shape index (κ3) is 3.69. The first-order valence-electron chi connectivity index (χ1n) is 8.05. The van der Waals surface area contributed by atoms with Gasteiger partial charge < -0.3 is 10.1 Å². The van der Waals surface area contributed by atoms with E-state index in [1.165, 1.54) is 32.4 Å². The summed E-state index contributed by atoms with van der Waals surface area (Å²) in [4.78, 5) is 5.20. The van der Waals surface area contributed by atoms with E-state index in [-0.39, 0.29) is 0 Å². The van der Waals surface area contributed by atoms with Gasteiger partial charge in [-0.1, -0.05) is 0 Å². The Morgan fingerprint density at radius 1 is 1.16 bits per heavy atom. The number of nitrogens with zero attached hydrogens (tertiary/aromatic N) is 2. The van der Waals surface area contributed by atoms with Crippen LogP contribution in [0, 0.1) is 0 Å². The van der Waals surface area contributed by atoms with Crippen molar-refractivity contribution in [2.45, 2.75) is 57.3 Å². The molecule has 0 bridgehead atoms. The van der Waals surface area contributed by atoms with E-state index in [2.05, 4.69) is 29.0 Å². The van der Waals surface area contributed by atoms with Crippen LogP contribution in [0.4, 0.5) is 0 Å². The van der Waals surface area contributed by atoms with Gasteiger partial charge in [-0.25, -0.2) is 0 Å². The van der Waals surface area contributed by atoms with Gasteiger partial charge in [0.1, 0.15) is 0 Å². The van der Waals surface area contributed by atoms with E-state index in [1.807, 2.05) is 0 Å². The summed E-state index contributed by atoms with van der Waals surface area (Å²) in [5, 5.41) is 3.73. The Morgan fingerprint density at radius 2 is 2.00 bits per heavy atom. The normalized spacial score (nSPS) is 34.3. The highest BCUT2D eigenvalue weighted by molar-refractivity contribution is 4.92. The lowest BCUT2D eigenvalue weighted by atomic mass is 10.2. The van der Waals surface area contributed by atoms with E-state index in [1.54, 1.807) is 0 Å². The maximum atomic E-state index is 5.89. The van der Waals surface area contributed by atoms with E-state index in [4.69, 9.17) is 4.74 Å². The summed E-state index contributed by atoms with van der Waals surface area (Å²) >= 11 is 0. The predicted molar refractivity (Wildman–Crippen MR) is 77.5 cm³/mol. The third-order valence-electron chi connectivity index (χ3n) is 4.82. The second-order valence-electron chi connectivity index (χ2n) is 6.70. The van der Waals surface area contributed by atoms with Crippen LogP contribution >= 0.6 is 0 Å². The van der Waals surface area contributed by atoms with Crippen molar-refractivity contribution < 1.29 is 4.74 Å². The predicted octanol–water partition coefficient (Wildman–Crippen LogP) is 0.922. The number of hydrogen-bond donors (Lipinski definition) is 1. The molecule has 110 valence electrons. The summed E-state index contributed by atoms with van der Waals surface area (Å²) in [5.74, 6) is 0. The SMILES string of the molecule is CC(C)N1CCOC(CNC2CCN(C3CC3)C2)C1. The first kappa shape index (κ1) is 13.8. The first-order valence-corrected chi connectivity index (χ1v) is 8.05. The quantitative estimate of drug-likeness (QED) is 0.802. The summed E-state index contributed by atoms with van der Waals surface area (Å²) in [7, 11) is 0. The monoisotopic (exact) mass is 267 g/mol. The Bertz CT molecular complexity index is 293. The van der Waals surface area contributed by atoms with Gasteiger partial charge in [-0.15, -0.1) is 0 Å². The largest absolute Gasteiger partial charge is 0.374 e. The van der Waals surface area contributed by atoms with Crippen molar-refractivity contribution in [3.63, 3.8) is 0 Å². The standard InChI is InChI=1S/C15H29N3O/c1-12(2)17-7-8-19-15(11-17)9-16-13-5-6-18(10-13)14-3-4-14/h12-16H,3-11H2,1-2H3. The van der Waals surface area contributed by atoms with Gasteiger partial charge in [0.25, 0.3) is 0 Å². The number of nitrogens with one attached hydrogen (secondary N) is 1. The topological polar surface area (TPSA) is 27.7 Å². The summed E-state index contributed by atoms with van der Waals surface area (Å²) in [6.07, 6.45) is 4.56. The number of morpholine rings is 1. The molecule has 2 saturated heterocycles. The molecule has 2 heterocycles. The van der Waals surface area contributed by atoms with Crippen LogP contribution in [0.15, 0.2) is 0 Å². The van der Waals surface area contributed by atoms with Crippen LogP contribution < -0.4 is 5.32 Å². The molecule has 1 N–H and O–H groups in total. The zero-order valence-corrected chi connectivity index (χ0v) is 12.5. The Kier molecular flexibility index (Phi) is 4.42. The van der Waals surface area contributed by atoms with Crippen molar-refractivity contribution in [1.29, 1.82) is 0 Å². The molecule has 4 nitrogen and oxygen atoms in total. The maximum absolute atomic E-state index is 5.89. The van der Waals surface area contributed by atoms with Gasteiger partial charge in [0.2, 0.25) is 0 Å². The fourth-order valence-corrected chi connectivity index (χ4v) is 3.36. The molecule has 2 unspecified atom stereocenters.